The zero-order valence-corrected chi connectivity index (χ0v) is 17.6. The lowest BCUT2D eigenvalue weighted by Crippen LogP contribution is -2.17. The maximum absolute atomic E-state index is 6.16. The van der Waals surface area contributed by atoms with Crippen LogP contribution in [0.2, 0.25) is 0 Å². The van der Waals surface area contributed by atoms with Gasteiger partial charge >= 0.3 is 8.60 Å². The third-order valence-electron chi connectivity index (χ3n) is 3.63. The second-order valence-electron chi connectivity index (χ2n) is 8.19. The van der Waals surface area contributed by atoms with Crippen LogP contribution >= 0.6 is 8.60 Å². The molecule has 0 fully saturated rings. The second kappa shape index (κ2) is 9.17. The van der Waals surface area contributed by atoms with Crippen molar-refractivity contribution in [1.82, 2.24) is 0 Å². The lowest BCUT2D eigenvalue weighted by molar-refractivity contribution is 0.204. The molecule has 24 heavy (non-hydrogen) atoms. The monoisotopic (exact) mass is 354 g/mol. The molecule has 3 nitrogen and oxygen atoms in total. The first-order valence-electron chi connectivity index (χ1n) is 8.98. The third-order valence-corrected chi connectivity index (χ3v) is 4.76. The van der Waals surface area contributed by atoms with E-state index in [9.17, 15) is 0 Å². The fourth-order valence-corrected chi connectivity index (χ4v) is 3.33. The topological polar surface area (TPSA) is 27.7 Å². The van der Waals surface area contributed by atoms with Crippen LogP contribution in [0.3, 0.4) is 0 Å². The van der Waals surface area contributed by atoms with Gasteiger partial charge < -0.3 is 13.6 Å². The van der Waals surface area contributed by atoms with Crippen molar-refractivity contribution in [3.63, 3.8) is 0 Å². The van der Waals surface area contributed by atoms with Gasteiger partial charge in [0.15, 0.2) is 0 Å². The molecule has 0 spiro atoms. The molecule has 4 heteroatoms. The van der Waals surface area contributed by atoms with E-state index in [2.05, 4.69) is 73.6 Å². The summed E-state index contributed by atoms with van der Waals surface area (Å²) in [5.74, 6) is 0.869. The third kappa shape index (κ3) is 6.70. The summed E-state index contributed by atoms with van der Waals surface area (Å²) in [6.07, 6.45) is 1.90. The van der Waals surface area contributed by atoms with Crippen molar-refractivity contribution in [2.75, 3.05) is 13.2 Å². The summed E-state index contributed by atoms with van der Waals surface area (Å²) < 4.78 is 17.7. The molecule has 1 rings (SSSR count). The Bertz CT molecular complexity index is 493. The molecule has 0 aliphatic heterocycles. The molecule has 0 bridgehead atoms. The molecule has 0 aliphatic rings. The Hall–Kier alpha value is -0.630. The van der Waals surface area contributed by atoms with Crippen molar-refractivity contribution in [3.05, 3.63) is 29.3 Å². The molecule has 1 aromatic carbocycles. The fourth-order valence-electron chi connectivity index (χ4n) is 2.16. The Labute approximate surface area is 150 Å². The first-order valence-corrected chi connectivity index (χ1v) is 10.1. The lowest BCUT2D eigenvalue weighted by atomic mass is 9.80. The Balaban J connectivity index is 3.11. The predicted molar refractivity (Wildman–Crippen MR) is 104 cm³/mol. The van der Waals surface area contributed by atoms with Crippen LogP contribution < -0.4 is 4.52 Å². The van der Waals surface area contributed by atoms with E-state index in [1.807, 2.05) is 0 Å². The van der Waals surface area contributed by atoms with E-state index in [-0.39, 0.29) is 10.8 Å². The molecular formula is C20H35O3P. The van der Waals surface area contributed by atoms with Gasteiger partial charge in [0.25, 0.3) is 0 Å². The highest BCUT2D eigenvalue weighted by Gasteiger charge is 2.25. The maximum Gasteiger partial charge on any atom is 0.397 e. The van der Waals surface area contributed by atoms with Crippen LogP contribution in [0.15, 0.2) is 18.2 Å². The zero-order chi connectivity index (χ0) is 18.4. The van der Waals surface area contributed by atoms with Crippen LogP contribution in [0, 0.1) is 0 Å². The highest BCUT2D eigenvalue weighted by molar-refractivity contribution is 7.42. The molecule has 0 atom stereocenters. The van der Waals surface area contributed by atoms with Gasteiger partial charge in [-0.1, -0.05) is 67.5 Å². The van der Waals surface area contributed by atoms with Crippen LogP contribution in [-0.2, 0) is 19.9 Å². The number of hydrogen-bond acceptors (Lipinski definition) is 3. The molecule has 1 aromatic rings. The van der Waals surface area contributed by atoms with E-state index in [0.29, 0.717) is 13.2 Å². The minimum Gasteiger partial charge on any atom is -0.426 e. The highest BCUT2D eigenvalue weighted by Crippen LogP contribution is 2.45. The van der Waals surface area contributed by atoms with Gasteiger partial charge in [0.05, 0.1) is 13.2 Å². The van der Waals surface area contributed by atoms with Gasteiger partial charge in [-0.3, -0.25) is 0 Å². The Kier molecular flexibility index (Phi) is 8.19. The summed E-state index contributed by atoms with van der Waals surface area (Å²) in [4.78, 5) is 0. The summed E-state index contributed by atoms with van der Waals surface area (Å²) in [5, 5.41) is 0. The van der Waals surface area contributed by atoms with Gasteiger partial charge in [0, 0.05) is 5.56 Å². The van der Waals surface area contributed by atoms with Crippen LogP contribution in [0.5, 0.6) is 5.75 Å². The first-order chi connectivity index (χ1) is 11.1. The Morgan fingerprint density at radius 1 is 0.833 bits per heavy atom. The molecule has 0 N–H and O–H groups in total. The fraction of sp³-hybridized carbons (Fsp3) is 0.700. The number of hydrogen-bond donors (Lipinski definition) is 0. The number of benzene rings is 1. The number of rotatable bonds is 8. The van der Waals surface area contributed by atoms with Crippen molar-refractivity contribution in [1.29, 1.82) is 0 Å². The molecule has 0 amide bonds. The minimum atomic E-state index is -1.35. The maximum atomic E-state index is 6.16. The van der Waals surface area contributed by atoms with Crippen LogP contribution in [-0.4, -0.2) is 13.2 Å². The van der Waals surface area contributed by atoms with Gasteiger partial charge in [-0.05, 0) is 35.3 Å². The average Bonchev–Trinajstić information content (AvgIpc) is 2.48. The summed E-state index contributed by atoms with van der Waals surface area (Å²) in [6.45, 7) is 18.8. The molecular weight excluding hydrogens is 319 g/mol. The quantitative estimate of drug-likeness (QED) is 0.484. The molecule has 0 heterocycles. The van der Waals surface area contributed by atoms with Crippen LogP contribution in [0.4, 0.5) is 0 Å². The van der Waals surface area contributed by atoms with Crippen LogP contribution in [0.1, 0.15) is 79.4 Å². The highest BCUT2D eigenvalue weighted by atomic mass is 31.2. The van der Waals surface area contributed by atoms with Gasteiger partial charge in [0.2, 0.25) is 0 Å². The SMILES string of the molecule is CCCOP(OCCC)Oc1ccc(C(C)(C)C)cc1C(C)(C)C. The van der Waals surface area contributed by atoms with E-state index in [1.165, 1.54) is 11.1 Å². The summed E-state index contributed by atoms with van der Waals surface area (Å²) >= 11 is 0. The van der Waals surface area contributed by atoms with E-state index >= 15 is 0 Å². The van der Waals surface area contributed by atoms with Crippen molar-refractivity contribution in [3.8, 4) is 5.75 Å². The molecule has 0 saturated heterocycles. The molecule has 138 valence electrons. The van der Waals surface area contributed by atoms with Gasteiger partial charge in [-0.2, -0.15) is 0 Å². The van der Waals surface area contributed by atoms with Crippen LogP contribution in [0.25, 0.3) is 0 Å². The Morgan fingerprint density at radius 2 is 1.38 bits per heavy atom. The normalized spacial score (nSPS) is 12.7. The summed E-state index contributed by atoms with van der Waals surface area (Å²) in [7, 11) is -1.35. The van der Waals surface area contributed by atoms with Gasteiger partial charge in [-0.25, -0.2) is 0 Å². The van der Waals surface area contributed by atoms with E-state index < -0.39 is 8.60 Å². The second-order valence-corrected chi connectivity index (χ2v) is 9.34. The lowest BCUT2D eigenvalue weighted by Gasteiger charge is -2.28. The van der Waals surface area contributed by atoms with E-state index in [4.69, 9.17) is 13.6 Å². The molecule has 0 aliphatic carbocycles. The van der Waals surface area contributed by atoms with Crippen molar-refractivity contribution < 1.29 is 13.6 Å². The minimum absolute atomic E-state index is 0.00684. The molecule has 0 radical (unpaired) electrons. The van der Waals surface area contributed by atoms with Gasteiger partial charge in [-0.15, -0.1) is 0 Å². The van der Waals surface area contributed by atoms with Crippen molar-refractivity contribution in [2.45, 2.75) is 79.1 Å². The molecule has 0 aromatic heterocycles. The summed E-state index contributed by atoms with van der Waals surface area (Å²) in [6, 6.07) is 6.49. The molecule has 0 saturated carbocycles. The van der Waals surface area contributed by atoms with Crippen molar-refractivity contribution >= 4 is 8.60 Å². The first kappa shape index (κ1) is 21.4. The zero-order valence-electron chi connectivity index (χ0n) is 16.7. The van der Waals surface area contributed by atoms with E-state index in [0.717, 1.165) is 18.6 Å². The largest absolute Gasteiger partial charge is 0.426 e. The van der Waals surface area contributed by atoms with Crippen molar-refractivity contribution in [2.24, 2.45) is 0 Å². The predicted octanol–water partition coefficient (Wildman–Crippen LogP) is 6.74. The standard InChI is InChI=1S/C20H35O3P/c1-9-13-21-24(22-14-10-2)23-18-12-11-16(19(3,4)5)15-17(18)20(6,7)8/h11-12,15H,9-10,13-14H2,1-8H3. The Morgan fingerprint density at radius 3 is 1.79 bits per heavy atom. The summed E-state index contributed by atoms with van der Waals surface area (Å²) in [5.41, 5.74) is 2.61. The van der Waals surface area contributed by atoms with Gasteiger partial charge in [0.1, 0.15) is 5.75 Å². The van der Waals surface area contributed by atoms with E-state index in [1.54, 1.807) is 0 Å². The molecule has 0 unspecified atom stereocenters. The smallest absolute Gasteiger partial charge is 0.397 e. The average molecular weight is 354 g/mol.